The summed E-state index contributed by atoms with van der Waals surface area (Å²) in [5.41, 5.74) is 5.80. The van der Waals surface area contributed by atoms with E-state index in [-0.39, 0.29) is 24.1 Å². The van der Waals surface area contributed by atoms with E-state index < -0.39 is 0 Å². The normalized spacial score (nSPS) is 10.4. The lowest BCUT2D eigenvalue weighted by Crippen LogP contribution is -2.30. The molecule has 1 amide bonds. The Hall–Kier alpha value is -3.49. The minimum Gasteiger partial charge on any atom is -0.481 e. The van der Waals surface area contributed by atoms with E-state index in [0.29, 0.717) is 29.5 Å². The van der Waals surface area contributed by atoms with Crippen molar-refractivity contribution < 1.29 is 18.3 Å². The Bertz CT molecular complexity index is 882. The first-order chi connectivity index (χ1) is 12.6. The van der Waals surface area contributed by atoms with Crippen LogP contribution in [0.5, 0.6) is 5.88 Å². The van der Waals surface area contributed by atoms with Crippen molar-refractivity contribution in [2.75, 3.05) is 12.5 Å². The second-order valence-corrected chi connectivity index (χ2v) is 5.22. The van der Waals surface area contributed by atoms with Gasteiger partial charge in [-0.2, -0.15) is 4.98 Å². The summed E-state index contributed by atoms with van der Waals surface area (Å²) in [5.74, 6) is 0.924. The molecule has 0 bridgehead atoms. The maximum absolute atomic E-state index is 12.9. The van der Waals surface area contributed by atoms with E-state index in [1.165, 1.54) is 25.4 Å². The first-order valence-electron chi connectivity index (χ1n) is 7.76. The summed E-state index contributed by atoms with van der Waals surface area (Å²) in [4.78, 5) is 24.0. The minimum atomic E-state index is -0.322. The van der Waals surface area contributed by atoms with Gasteiger partial charge < -0.3 is 9.15 Å². The van der Waals surface area contributed by atoms with Crippen molar-refractivity contribution in [3.63, 3.8) is 0 Å². The molecule has 0 aliphatic carbocycles. The predicted molar refractivity (Wildman–Crippen MR) is 90.6 cm³/mol. The van der Waals surface area contributed by atoms with Crippen LogP contribution in [0.3, 0.4) is 0 Å². The van der Waals surface area contributed by atoms with Gasteiger partial charge in [-0.1, -0.05) is 0 Å². The number of ether oxygens (including phenoxy) is 1. The molecule has 0 aliphatic rings. The van der Waals surface area contributed by atoms with Crippen molar-refractivity contribution in [2.45, 2.75) is 12.8 Å². The number of rotatable bonds is 7. The smallest absolute Gasteiger partial charge is 0.245 e. The largest absolute Gasteiger partial charge is 0.481 e. The lowest BCUT2D eigenvalue weighted by atomic mass is 10.2. The highest BCUT2D eigenvalue weighted by Gasteiger charge is 2.09. The number of nitrogens with zero attached hydrogens (tertiary/aromatic N) is 3. The van der Waals surface area contributed by atoms with E-state index in [9.17, 15) is 9.18 Å². The molecule has 2 aromatic heterocycles. The van der Waals surface area contributed by atoms with Gasteiger partial charge in [0.15, 0.2) is 11.7 Å². The molecule has 8 nitrogen and oxygen atoms in total. The van der Waals surface area contributed by atoms with Crippen LogP contribution in [0.15, 0.2) is 47.1 Å². The molecule has 0 saturated heterocycles. The Labute approximate surface area is 148 Å². The third kappa shape index (κ3) is 4.53. The van der Waals surface area contributed by atoms with Crippen molar-refractivity contribution >= 4 is 11.9 Å². The fourth-order valence-electron chi connectivity index (χ4n) is 2.10. The molecule has 2 heterocycles. The average Bonchev–Trinajstić information content (AvgIpc) is 3.14. The molecule has 26 heavy (non-hydrogen) atoms. The molecule has 3 aromatic rings. The van der Waals surface area contributed by atoms with Gasteiger partial charge in [0, 0.05) is 30.7 Å². The molecular formula is C17H16FN5O3. The molecule has 0 atom stereocenters. The molecule has 0 radical (unpaired) electrons. The molecule has 0 saturated carbocycles. The Morgan fingerprint density at radius 3 is 2.81 bits per heavy atom. The zero-order chi connectivity index (χ0) is 18.4. The van der Waals surface area contributed by atoms with Crippen molar-refractivity contribution in [2.24, 2.45) is 0 Å². The third-order valence-electron chi connectivity index (χ3n) is 3.40. The van der Waals surface area contributed by atoms with Crippen molar-refractivity contribution in [1.82, 2.24) is 20.4 Å². The van der Waals surface area contributed by atoms with Crippen molar-refractivity contribution in [3.05, 3.63) is 54.4 Å². The van der Waals surface area contributed by atoms with E-state index in [1.54, 1.807) is 24.4 Å². The number of aromatic nitrogens is 3. The van der Waals surface area contributed by atoms with Crippen LogP contribution in [0.4, 0.5) is 10.3 Å². The number of hydrogen-bond acceptors (Lipinski definition) is 7. The lowest BCUT2D eigenvalue weighted by Gasteiger charge is -2.07. The van der Waals surface area contributed by atoms with Crippen LogP contribution in [0.2, 0.25) is 0 Å². The number of hydrogen-bond donors (Lipinski definition) is 2. The highest BCUT2D eigenvalue weighted by molar-refractivity contribution is 5.77. The molecule has 3 rings (SSSR count). The van der Waals surface area contributed by atoms with Crippen LogP contribution in [0.1, 0.15) is 12.3 Å². The van der Waals surface area contributed by atoms with Gasteiger partial charge in [-0.05, 0) is 24.3 Å². The zero-order valence-corrected chi connectivity index (χ0v) is 13.9. The summed E-state index contributed by atoms with van der Waals surface area (Å²) in [6.07, 6.45) is 3.51. The summed E-state index contributed by atoms with van der Waals surface area (Å²) < 4.78 is 23.5. The van der Waals surface area contributed by atoms with Crippen LogP contribution < -0.4 is 15.6 Å². The summed E-state index contributed by atoms with van der Waals surface area (Å²) in [5, 5.41) is 0. The van der Waals surface area contributed by atoms with E-state index in [4.69, 9.17) is 9.15 Å². The molecule has 9 heteroatoms. The van der Waals surface area contributed by atoms with Crippen LogP contribution in [0.25, 0.3) is 11.3 Å². The number of carbonyl (C=O) groups excluding carboxylic acids is 1. The molecule has 0 fully saturated rings. The number of carbonyl (C=O) groups is 1. The molecule has 0 spiro atoms. The summed E-state index contributed by atoms with van der Waals surface area (Å²) in [7, 11) is 1.49. The highest BCUT2D eigenvalue weighted by Crippen LogP contribution is 2.21. The third-order valence-corrected chi connectivity index (χ3v) is 3.40. The molecule has 0 unspecified atom stereocenters. The summed E-state index contributed by atoms with van der Waals surface area (Å²) in [6.45, 7) is 0. The SMILES string of the molecule is COc1ccnc(NNC(=O)CCc2ncc(-c3ccc(F)cc3)o2)n1. The van der Waals surface area contributed by atoms with E-state index in [0.717, 1.165) is 0 Å². The second-order valence-electron chi connectivity index (χ2n) is 5.22. The number of aryl methyl sites for hydroxylation is 1. The first-order valence-corrected chi connectivity index (χ1v) is 7.76. The van der Waals surface area contributed by atoms with Gasteiger partial charge in [0.05, 0.1) is 13.3 Å². The Kier molecular flexibility index (Phi) is 5.37. The number of amides is 1. The fourth-order valence-corrected chi connectivity index (χ4v) is 2.10. The molecular weight excluding hydrogens is 341 g/mol. The maximum atomic E-state index is 12.9. The van der Waals surface area contributed by atoms with E-state index in [2.05, 4.69) is 25.8 Å². The topological polar surface area (TPSA) is 102 Å². The Morgan fingerprint density at radius 1 is 1.23 bits per heavy atom. The summed E-state index contributed by atoms with van der Waals surface area (Å²) >= 11 is 0. The molecule has 134 valence electrons. The molecule has 0 aliphatic heterocycles. The van der Waals surface area contributed by atoms with Crippen molar-refractivity contribution in [1.29, 1.82) is 0 Å². The number of anilines is 1. The van der Waals surface area contributed by atoms with Crippen LogP contribution in [-0.2, 0) is 11.2 Å². The minimum absolute atomic E-state index is 0.153. The number of halogens is 1. The highest BCUT2D eigenvalue weighted by atomic mass is 19.1. The standard InChI is InChI=1S/C17H16FN5O3/c1-25-16-8-9-19-17(21-16)23-22-14(24)6-7-15-20-10-13(26-15)11-2-4-12(18)5-3-11/h2-5,8-10H,6-7H2,1H3,(H,22,24)(H,19,21,23). The summed E-state index contributed by atoms with van der Waals surface area (Å²) in [6, 6.07) is 7.48. The lowest BCUT2D eigenvalue weighted by molar-refractivity contribution is -0.120. The van der Waals surface area contributed by atoms with Gasteiger partial charge in [0.2, 0.25) is 17.7 Å². The number of methoxy groups -OCH3 is 1. The van der Waals surface area contributed by atoms with E-state index in [1.807, 2.05) is 0 Å². The van der Waals surface area contributed by atoms with Gasteiger partial charge in [0.1, 0.15) is 5.82 Å². The van der Waals surface area contributed by atoms with Crippen LogP contribution in [0, 0.1) is 5.82 Å². The average molecular weight is 357 g/mol. The molecule has 1 aromatic carbocycles. The number of oxazole rings is 1. The van der Waals surface area contributed by atoms with Gasteiger partial charge in [-0.15, -0.1) is 0 Å². The van der Waals surface area contributed by atoms with Crippen molar-refractivity contribution in [3.8, 4) is 17.2 Å². The number of hydrazine groups is 1. The maximum Gasteiger partial charge on any atom is 0.245 e. The van der Waals surface area contributed by atoms with Gasteiger partial charge >= 0.3 is 0 Å². The fraction of sp³-hybridized carbons (Fsp3) is 0.176. The first kappa shape index (κ1) is 17.3. The molecule has 2 N–H and O–H groups in total. The quantitative estimate of drug-likeness (QED) is 0.626. The van der Waals surface area contributed by atoms with Gasteiger partial charge in [-0.3, -0.25) is 15.6 Å². The second kappa shape index (κ2) is 8.06. The van der Waals surface area contributed by atoms with Gasteiger partial charge in [0.25, 0.3) is 0 Å². The number of benzene rings is 1. The monoisotopic (exact) mass is 357 g/mol. The zero-order valence-electron chi connectivity index (χ0n) is 13.9. The van der Waals surface area contributed by atoms with Gasteiger partial charge in [-0.25, -0.2) is 14.4 Å². The number of nitrogens with one attached hydrogen (secondary N) is 2. The Balaban J connectivity index is 1.49. The van der Waals surface area contributed by atoms with Crippen LogP contribution in [-0.4, -0.2) is 28.0 Å². The Morgan fingerprint density at radius 2 is 2.04 bits per heavy atom. The van der Waals surface area contributed by atoms with Crippen LogP contribution >= 0.6 is 0 Å². The predicted octanol–water partition coefficient (Wildman–Crippen LogP) is 2.36. The van der Waals surface area contributed by atoms with E-state index >= 15 is 0 Å².